The highest BCUT2D eigenvalue weighted by Crippen LogP contribution is 2.46. The zero-order chi connectivity index (χ0) is 24.0. The fourth-order valence-electron chi connectivity index (χ4n) is 2.88. The molecule has 0 aliphatic rings. The topological polar surface area (TPSA) is 72.2 Å². The van der Waals surface area contributed by atoms with Crippen molar-refractivity contribution in [2.45, 2.75) is 11.1 Å². The van der Waals surface area contributed by atoms with E-state index in [-0.39, 0.29) is 5.69 Å². The number of sulfonamides is 1. The van der Waals surface area contributed by atoms with Gasteiger partial charge in [-0.05, 0) is 65.1 Å². The first kappa shape index (κ1) is 24.6. The maximum atomic E-state index is 14.7. The van der Waals surface area contributed by atoms with Gasteiger partial charge in [0.15, 0.2) is 11.6 Å². The Hall–Kier alpha value is -2.03. The second-order valence-electron chi connectivity index (χ2n) is 6.38. The highest BCUT2D eigenvalue weighted by molar-refractivity contribution is 14.1. The van der Waals surface area contributed by atoms with Gasteiger partial charge in [-0.25, -0.2) is 26.7 Å². The third kappa shape index (κ3) is 4.82. The van der Waals surface area contributed by atoms with Crippen molar-refractivity contribution in [1.82, 2.24) is 0 Å². The lowest BCUT2D eigenvalue weighted by Crippen LogP contribution is -2.16. The van der Waals surface area contributed by atoms with Crippen LogP contribution in [0.2, 0.25) is 5.02 Å². The molecule has 0 aliphatic heterocycles. The van der Waals surface area contributed by atoms with E-state index >= 15 is 0 Å². The number of halogens is 8. The molecule has 0 fully saturated rings. The van der Waals surface area contributed by atoms with Crippen LogP contribution in [-0.4, -0.2) is 8.42 Å². The Morgan fingerprint density at radius 3 is 2.19 bits per heavy atom. The SMILES string of the molecule is NS(=O)(=O)c1ccc(C(F)(F)F)c(-c2ccc(F)c(F)c2Nc2ccc(I)cc2F)c1Cl. The van der Waals surface area contributed by atoms with E-state index in [0.29, 0.717) is 21.8 Å². The average molecular weight is 607 g/mol. The van der Waals surface area contributed by atoms with E-state index in [0.717, 1.165) is 18.2 Å². The van der Waals surface area contributed by atoms with E-state index in [4.69, 9.17) is 16.7 Å². The summed E-state index contributed by atoms with van der Waals surface area (Å²) in [5.41, 5.74) is -4.33. The van der Waals surface area contributed by atoms with Gasteiger partial charge in [-0.2, -0.15) is 13.2 Å². The van der Waals surface area contributed by atoms with Crippen molar-refractivity contribution in [3.8, 4) is 11.1 Å². The van der Waals surface area contributed by atoms with Gasteiger partial charge < -0.3 is 5.32 Å². The van der Waals surface area contributed by atoms with Crippen LogP contribution in [0.1, 0.15) is 5.56 Å². The zero-order valence-electron chi connectivity index (χ0n) is 15.4. The third-order valence-electron chi connectivity index (χ3n) is 4.27. The van der Waals surface area contributed by atoms with Crippen LogP contribution in [0.25, 0.3) is 11.1 Å². The lowest BCUT2D eigenvalue weighted by atomic mass is 9.96. The van der Waals surface area contributed by atoms with Crippen LogP contribution in [0, 0.1) is 21.0 Å². The van der Waals surface area contributed by atoms with Crippen LogP contribution in [0.3, 0.4) is 0 Å². The molecule has 0 saturated heterocycles. The van der Waals surface area contributed by atoms with Crippen molar-refractivity contribution in [2.24, 2.45) is 5.14 Å². The number of rotatable bonds is 4. The molecule has 13 heteroatoms. The molecular weight excluding hydrogens is 597 g/mol. The summed E-state index contributed by atoms with van der Waals surface area (Å²) in [6, 6.07) is 5.87. The predicted molar refractivity (Wildman–Crippen MR) is 116 cm³/mol. The van der Waals surface area contributed by atoms with E-state index in [9.17, 15) is 34.8 Å². The summed E-state index contributed by atoms with van der Waals surface area (Å²) < 4.78 is 108. The van der Waals surface area contributed by atoms with Crippen molar-refractivity contribution in [1.29, 1.82) is 0 Å². The monoisotopic (exact) mass is 606 g/mol. The fraction of sp³-hybridized carbons (Fsp3) is 0.0526. The van der Waals surface area contributed by atoms with E-state index < -0.39 is 65.9 Å². The molecular formula is C19H10ClF6IN2O2S. The minimum Gasteiger partial charge on any atom is -0.350 e. The van der Waals surface area contributed by atoms with Crippen LogP contribution in [0.4, 0.5) is 37.7 Å². The summed E-state index contributed by atoms with van der Waals surface area (Å²) in [6.45, 7) is 0. The molecule has 0 amide bonds. The number of benzene rings is 3. The van der Waals surface area contributed by atoms with Gasteiger partial charge in [-0.15, -0.1) is 0 Å². The van der Waals surface area contributed by atoms with Crippen LogP contribution in [0.5, 0.6) is 0 Å². The summed E-state index contributed by atoms with van der Waals surface area (Å²) in [7, 11) is -4.58. The van der Waals surface area contributed by atoms with Gasteiger partial charge in [0, 0.05) is 14.7 Å². The summed E-state index contributed by atoms with van der Waals surface area (Å²) in [5.74, 6) is -3.98. The van der Waals surface area contributed by atoms with Gasteiger partial charge in [-0.1, -0.05) is 11.6 Å². The molecule has 3 aromatic carbocycles. The average Bonchev–Trinajstić information content (AvgIpc) is 2.66. The number of hydrogen-bond donors (Lipinski definition) is 2. The Morgan fingerprint density at radius 2 is 1.62 bits per heavy atom. The minimum atomic E-state index is -5.06. The smallest absolute Gasteiger partial charge is 0.350 e. The zero-order valence-corrected chi connectivity index (χ0v) is 19.1. The summed E-state index contributed by atoms with van der Waals surface area (Å²) in [5, 5.41) is 6.30. The fourth-order valence-corrected chi connectivity index (χ4v) is 4.53. The van der Waals surface area contributed by atoms with Gasteiger partial charge >= 0.3 is 6.18 Å². The molecule has 3 rings (SSSR count). The summed E-state index contributed by atoms with van der Waals surface area (Å²) in [4.78, 5) is -0.863. The first-order chi connectivity index (χ1) is 14.7. The minimum absolute atomic E-state index is 0.372. The highest BCUT2D eigenvalue weighted by atomic mass is 127. The number of hydrogen-bond acceptors (Lipinski definition) is 3. The molecule has 0 radical (unpaired) electrons. The lowest BCUT2D eigenvalue weighted by Gasteiger charge is -2.20. The number of primary sulfonamides is 1. The van der Waals surface area contributed by atoms with Crippen molar-refractivity contribution in [3.05, 3.63) is 74.1 Å². The number of nitrogens with two attached hydrogens (primary N) is 1. The van der Waals surface area contributed by atoms with E-state index in [1.54, 1.807) is 22.6 Å². The quantitative estimate of drug-likeness (QED) is 0.265. The number of anilines is 2. The Balaban J connectivity index is 2.39. The highest BCUT2D eigenvalue weighted by Gasteiger charge is 2.37. The molecule has 3 N–H and O–H groups in total. The Morgan fingerprint density at radius 1 is 0.969 bits per heavy atom. The first-order valence-electron chi connectivity index (χ1n) is 8.34. The molecule has 0 unspecified atom stereocenters. The van der Waals surface area contributed by atoms with E-state index in [1.165, 1.54) is 6.07 Å². The molecule has 0 heterocycles. The second kappa shape index (κ2) is 8.72. The van der Waals surface area contributed by atoms with Crippen molar-refractivity contribution >= 4 is 55.6 Å². The van der Waals surface area contributed by atoms with Gasteiger partial charge in [0.25, 0.3) is 0 Å². The summed E-state index contributed by atoms with van der Waals surface area (Å²) >= 11 is 7.78. The van der Waals surface area contributed by atoms with Crippen molar-refractivity contribution < 1.29 is 34.8 Å². The maximum Gasteiger partial charge on any atom is 0.417 e. The van der Waals surface area contributed by atoms with Gasteiger partial charge in [0.2, 0.25) is 10.0 Å². The molecule has 0 spiro atoms. The molecule has 0 aromatic heterocycles. The van der Waals surface area contributed by atoms with Crippen LogP contribution >= 0.6 is 34.2 Å². The van der Waals surface area contributed by atoms with E-state index in [1.807, 2.05) is 0 Å². The van der Waals surface area contributed by atoms with Crippen molar-refractivity contribution in [3.63, 3.8) is 0 Å². The number of nitrogens with one attached hydrogen (secondary N) is 1. The normalized spacial score (nSPS) is 12.2. The Labute approximate surface area is 196 Å². The predicted octanol–water partition coefficient (Wildman–Crippen LogP) is 6.44. The Bertz CT molecular complexity index is 1330. The van der Waals surface area contributed by atoms with Crippen LogP contribution < -0.4 is 10.5 Å². The largest absolute Gasteiger partial charge is 0.417 e. The van der Waals surface area contributed by atoms with Gasteiger partial charge in [0.05, 0.1) is 22.0 Å². The molecule has 0 atom stereocenters. The lowest BCUT2D eigenvalue weighted by molar-refractivity contribution is -0.137. The molecule has 3 aromatic rings. The Kier molecular flexibility index (Phi) is 6.71. The van der Waals surface area contributed by atoms with Crippen molar-refractivity contribution in [2.75, 3.05) is 5.32 Å². The molecule has 0 bridgehead atoms. The van der Waals surface area contributed by atoms with Crippen LogP contribution in [-0.2, 0) is 16.2 Å². The standard InChI is InChI=1S/C19H10ClF6IN2O2S/c20-16-14(32(28,30)31)6-3-10(19(24,25)26)15(16)9-2-4-11(21)17(23)18(9)29-13-5-1-8(27)7-12(13)22/h1-7,29H,(H2,28,30,31). The van der Waals surface area contributed by atoms with Crippen LogP contribution in [0.15, 0.2) is 47.4 Å². The summed E-state index contributed by atoms with van der Waals surface area (Å²) in [6.07, 6.45) is -5.06. The first-order valence-corrected chi connectivity index (χ1v) is 11.3. The van der Waals surface area contributed by atoms with Gasteiger partial charge in [0.1, 0.15) is 10.7 Å². The molecule has 170 valence electrons. The molecule has 4 nitrogen and oxygen atoms in total. The van der Waals surface area contributed by atoms with Gasteiger partial charge in [-0.3, -0.25) is 0 Å². The maximum absolute atomic E-state index is 14.7. The van der Waals surface area contributed by atoms with E-state index in [2.05, 4.69) is 5.32 Å². The third-order valence-corrected chi connectivity index (χ3v) is 6.40. The number of alkyl halides is 3. The molecule has 0 aliphatic carbocycles. The molecule has 32 heavy (non-hydrogen) atoms. The second-order valence-corrected chi connectivity index (χ2v) is 9.53. The molecule has 0 saturated carbocycles.